The molecule has 0 aromatic carbocycles. The molecule has 2 rings (SSSR count). The SMILES string of the molecule is CO[C@H]1/C=C/C=C(/C)C(=O)NC2=CC(=O)C(NCCF)=C(C[C@@H](C)C[C@H](OC)[C@H](O)[C@@H](C)/C=C(\CO)[C@@H]1OC(N)=O)C2=O. The van der Waals surface area contributed by atoms with Gasteiger partial charge in [-0.15, -0.1) is 0 Å². The zero-order chi connectivity index (χ0) is 32.3. The molecule has 0 fully saturated rings. The van der Waals surface area contributed by atoms with E-state index in [1.807, 2.05) is 0 Å². The summed E-state index contributed by atoms with van der Waals surface area (Å²) in [5, 5.41) is 26.6. The van der Waals surface area contributed by atoms with Crippen molar-refractivity contribution in [2.75, 3.05) is 34.0 Å². The normalized spacial score (nSPS) is 31.3. The Balaban J connectivity index is 2.65. The van der Waals surface area contributed by atoms with Crippen LogP contribution in [0.5, 0.6) is 0 Å². The molecular weight excluding hydrogens is 565 g/mol. The number of hydrogen-bond donors (Lipinski definition) is 5. The minimum absolute atomic E-state index is 0.0434. The number of halogens is 1. The summed E-state index contributed by atoms with van der Waals surface area (Å²) >= 11 is 0. The van der Waals surface area contributed by atoms with E-state index < -0.39 is 67.2 Å². The second-order valence-electron chi connectivity index (χ2n) is 10.5. The number of ketones is 2. The minimum Gasteiger partial charge on any atom is -0.439 e. The maximum atomic E-state index is 13.5. The van der Waals surface area contributed by atoms with Gasteiger partial charge in [-0.25, -0.2) is 9.18 Å². The fourth-order valence-corrected chi connectivity index (χ4v) is 4.95. The Labute approximate surface area is 250 Å². The lowest BCUT2D eigenvalue weighted by molar-refractivity contribution is -0.120. The van der Waals surface area contributed by atoms with Crippen LogP contribution < -0.4 is 16.4 Å². The summed E-state index contributed by atoms with van der Waals surface area (Å²) in [6.45, 7) is 3.46. The van der Waals surface area contributed by atoms with E-state index in [2.05, 4.69) is 10.6 Å². The number of allylic oxidation sites excluding steroid dienone is 4. The fraction of sp³-hybridized carbons (Fsp3) is 0.533. The van der Waals surface area contributed by atoms with E-state index in [0.29, 0.717) is 0 Å². The van der Waals surface area contributed by atoms with E-state index in [1.54, 1.807) is 19.9 Å². The molecule has 13 heteroatoms. The number of hydrogen-bond acceptors (Lipinski definition) is 10. The Kier molecular flexibility index (Phi) is 13.9. The molecule has 0 radical (unpaired) electrons. The number of alkyl halides is 1. The molecule has 6 N–H and O–H groups in total. The molecule has 0 aromatic heterocycles. The Bertz CT molecular complexity index is 1210. The van der Waals surface area contributed by atoms with Crippen molar-refractivity contribution in [3.8, 4) is 0 Å². The number of rotatable bonds is 7. The maximum Gasteiger partial charge on any atom is 0.405 e. The standard InChI is InChI=1S/C30H42FN3O9/c1-16-11-20-25(33-10-9-31)22(36)14-21(27(20)38)34-29(39)17(2)7-6-8-23(41-4)28(43-30(32)40)19(15-35)13-18(3)26(37)24(12-16)42-5/h6-8,13-14,16,18,23-24,26,28,33,35,37H,9-12,15H2,1-5H3,(H2,32,40)(H,34,39)/b8-6+,17-7-,19-13+/t16-,18+,23+,24+,26-,28+/m1/s1. The van der Waals surface area contributed by atoms with E-state index in [1.165, 1.54) is 39.4 Å². The third-order valence-corrected chi connectivity index (χ3v) is 7.24. The first kappa shape index (κ1) is 35.5. The Hall–Kier alpha value is -3.65. The molecule has 6 atom stereocenters. The van der Waals surface area contributed by atoms with Crippen LogP contribution in [0.4, 0.5) is 9.18 Å². The third kappa shape index (κ3) is 9.68. The zero-order valence-electron chi connectivity index (χ0n) is 25.1. The van der Waals surface area contributed by atoms with Gasteiger partial charge in [0.2, 0.25) is 11.6 Å². The van der Waals surface area contributed by atoms with Crippen molar-refractivity contribution in [1.29, 1.82) is 0 Å². The van der Waals surface area contributed by atoms with Gasteiger partial charge in [0.15, 0.2) is 6.10 Å². The molecule has 2 amide bonds. The monoisotopic (exact) mass is 607 g/mol. The number of aliphatic hydroxyl groups excluding tert-OH is 2. The quantitative estimate of drug-likeness (QED) is 0.209. The number of primary amides is 1. The van der Waals surface area contributed by atoms with Gasteiger partial charge in [0, 0.05) is 43.9 Å². The van der Waals surface area contributed by atoms with Crippen LogP contribution in [0.1, 0.15) is 33.6 Å². The van der Waals surface area contributed by atoms with Crippen LogP contribution in [0.2, 0.25) is 0 Å². The van der Waals surface area contributed by atoms with Gasteiger partial charge in [0.05, 0.1) is 30.2 Å². The van der Waals surface area contributed by atoms with Crippen molar-refractivity contribution in [1.82, 2.24) is 10.6 Å². The molecule has 0 spiro atoms. The molecule has 0 saturated heterocycles. The van der Waals surface area contributed by atoms with E-state index in [0.717, 1.165) is 6.08 Å². The highest BCUT2D eigenvalue weighted by molar-refractivity contribution is 6.23. The van der Waals surface area contributed by atoms with Crippen LogP contribution in [-0.4, -0.2) is 92.2 Å². The fourth-order valence-electron chi connectivity index (χ4n) is 4.95. The van der Waals surface area contributed by atoms with Gasteiger partial charge in [-0.05, 0) is 31.3 Å². The molecule has 12 nitrogen and oxygen atoms in total. The van der Waals surface area contributed by atoms with E-state index in [-0.39, 0.29) is 53.4 Å². The van der Waals surface area contributed by atoms with Gasteiger partial charge >= 0.3 is 6.09 Å². The molecule has 0 aromatic rings. The summed E-state index contributed by atoms with van der Waals surface area (Å²) < 4.78 is 29.3. The van der Waals surface area contributed by atoms with Crippen molar-refractivity contribution in [3.05, 3.63) is 58.5 Å². The van der Waals surface area contributed by atoms with Gasteiger partial charge in [-0.2, -0.15) is 0 Å². The molecule has 1 aliphatic carbocycles. The van der Waals surface area contributed by atoms with Gasteiger partial charge in [0.1, 0.15) is 12.8 Å². The molecule has 43 heavy (non-hydrogen) atoms. The van der Waals surface area contributed by atoms with Gasteiger partial charge in [0.25, 0.3) is 5.91 Å². The molecule has 2 aliphatic rings. The Morgan fingerprint density at radius 1 is 1.21 bits per heavy atom. The highest BCUT2D eigenvalue weighted by Gasteiger charge is 2.33. The summed E-state index contributed by atoms with van der Waals surface area (Å²) in [5.74, 6) is -2.78. The number of amides is 2. The highest BCUT2D eigenvalue weighted by Crippen LogP contribution is 2.28. The molecular formula is C30H42FN3O9. The zero-order valence-corrected chi connectivity index (χ0v) is 25.1. The molecule has 0 saturated carbocycles. The first-order valence-electron chi connectivity index (χ1n) is 13.9. The van der Waals surface area contributed by atoms with E-state index in [9.17, 15) is 33.8 Å². The smallest absolute Gasteiger partial charge is 0.405 e. The summed E-state index contributed by atoms with van der Waals surface area (Å²) in [7, 11) is 2.76. The number of carbonyl (C=O) groups is 4. The number of ether oxygens (including phenoxy) is 3. The first-order chi connectivity index (χ1) is 20.4. The summed E-state index contributed by atoms with van der Waals surface area (Å²) in [6, 6.07) is 0. The second kappa shape index (κ2) is 16.8. The lowest BCUT2D eigenvalue weighted by Crippen LogP contribution is -2.38. The summed E-state index contributed by atoms with van der Waals surface area (Å²) in [4.78, 5) is 51.1. The van der Waals surface area contributed by atoms with Crippen LogP contribution in [0, 0.1) is 11.8 Å². The number of nitrogens with one attached hydrogen (secondary N) is 2. The Morgan fingerprint density at radius 2 is 1.91 bits per heavy atom. The van der Waals surface area contributed by atoms with Crippen LogP contribution >= 0.6 is 0 Å². The van der Waals surface area contributed by atoms with Gasteiger partial charge < -0.3 is 40.8 Å². The highest BCUT2D eigenvalue weighted by atomic mass is 19.1. The third-order valence-electron chi connectivity index (χ3n) is 7.24. The number of fused-ring (bicyclic) bond motifs is 2. The Morgan fingerprint density at radius 3 is 2.49 bits per heavy atom. The van der Waals surface area contributed by atoms with Gasteiger partial charge in [-0.1, -0.05) is 38.2 Å². The lowest BCUT2D eigenvalue weighted by Gasteiger charge is -2.30. The summed E-state index contributed by atoms with van der Waals surface area (Å²) in [6.07, 6.45) is 2.09. The molecule has 2 bridgehead atoms. The lowest BCUT2D eigenvalue weighted by atomic mass is 9.85. The average Bonchev–Trinajstić information content (AvgIpc) is 2.96. The van der Waals surface area contributed by atoms with Crippen molar-refractivity contribution >= 4 is 23.6 Å². The van der Waals surface area contributed by atoms with E-state index >= 15 is 0 Å². The maximum absolute atomic E-state index is 13.5. The van der Waals surface area contributed by atoms with Crippen LogP contribution in [0.15, 0.2) is 58.5 Å². The number of aliphatic hydroxyl groups is 2. The number of methoxy groups -OCH3 is 2. The number of nitrogens with two attached hydrogens (primary N) is 1. The van der Waals surface area contributed by atoms with Crippen LogP contribution in [-0.2, 0) is 28.6 Å². The van der Waals surface area contributed by atoms with E-state index in [4.69, 9.17) is 19.9 Å². The number of carbonyl (C=O) groups excluding carboxylic acids is 4. The average molecular weight is 608 g/mol. The van der Waals surface area contributed by atoms with Crippen molar-refractivity contribution in [3.63, 3.8) is 0 Å². The van der Waals surface area contributed by atoms with Crippen LogP contribution in [0.25, 0.3) is 0 Å². The molecule has 1 aliphatic heterocycles. The summed E-state index contributed by atoms with van der Waals surface area (Å²) in [5.41, 5.74) is 5.48. The number of Topliss-reactive ketones (excluding diaryl/α,β-unsaturated/α-hetero) is 1. The van der Waals surface area contributed by atoms with Gasteiger partial charge in [-0.3, -0.25) is 14.4 Å². The molecule has 0 unspecified atom stereocenters. The predicted octanol–water partition coefficient (Wildman–Crippen LogP) is 1.29. The largest absolute Gasteiger partial charge is 0.439 e. The van der Waals surface area contributed by atoms with Crippen molar-refractivity contribution in [2.24, 2.45) is 17.6 Å². The minimum atomic E-state index is -1.17. The first-order valence-corrected chi connectivity index (χ1v) is 13.9. The predicted molar refractivity (Wildman–Crippen MR) is 155 cm³/mol. The molecule has 238 valence electrons. The second-order valence-corrected chi connectivity index (χ2v) is 10.5. The topological polar surface area (TPSA) is 187 Å². The van der Waals surface area contributed by atoms with Crippen LogP contribution in [0.3, 0.4) is 0 Å². The van der Waals surface area contributed by atoms with Crippen molar-refractivity contribution in [2.45, 2.75) is 58.0 Å². The van der Waals surface area contributed by atoms with Crippen molar-refractivity contribution < 1.29 is 48.0 Å². The molecule has 1 heterocycles.